The molecule has 1 heterocycles. The summed E-state index contributed by atoms with van der Waals surface area (Å²) in [4.78, 5) is 25.9. The van der Waals surface area contributed by atoms with E-state index in [-0.39, 0.29) is 11.8 Å². The number of nitrogens with two attached hydrogens (primary N) is 1. The largest absolute Gasteiger partial charge is 0.489 e. The second kappa shape index (κ2) is 9.13. The number of hydrogen-bond donors (Lipinski definition) is 1. The molecule has 160 valence electrons. The third kappa shape index (κ3) is 4.58. The third-order valence-corrected chi connectivity index (χ3v) is 5.70. The van der Waals surface area contributed by atoms with Crippen molar-refractivity contribution in [2.75, 3.05) is 11.4 Å². The van der Waals surface area contributed by atoms with E-state index in [1.54, 1.807) is 53.4 Å². The first-order valence-corrected chi connectivity index (χ1v) is 10.4. The number of carbonyl (C=O) groups excluding carboxylic acids is 2. The summed E-state index contributed by atoms with van der Waals surface area (Å²) in [5.74, 6) is -0.0452. The zero-order chi connectivity index (χ0) is 22.7. The van der Waals surface area contributed by atoms with E-state index in [0.29, 0.717) is 47.2 Å². The van der Waals surface area contributed by atoms with Crippen LogP contribution in [0.3, 0.4) is 0 Å². The lowest BCUT2D eigenvalue weighted by Gasteiger charge is -2.19. The van der Waals surface area contributed by atoms with Crippen LogP contribution in [0.5, 0.6) is 5.75 Å². The van der Waals surface area contributed by atoms with Crippen LogP contribution in [0, 0.1) is 11.3 Å². The zero-order valence-corrected chi connectivity index (χ0v) is 17.9. The minimum Gasteiger partial charge on any atom is -0.489 e. The second-order valence-corrected chi connectivity index (χ2v) is 8.04. The molecule has 3 aromatic carbocycles. The van der Waals surface area contributed by atoms with Crippen molar-refractivity contribution in [3.63, 3.8) is 0 Å². The van der Waals surface area contributed by atoms with Crippen LogP contribution in [0.2, 0.25) is 5.02 Å². The fourth-order valence-corrected chi connectivity index (χ4v) is 3.96. The molecule has 2 N–H and O–H groups in total. The maximum atomic E-state index is 12.8. The number of benzene rings is 3. The van der Waals surface area contributed by atoms with Gasteiger partial charge in [-0.25, -0.2) is 0 Å². The minimum atomic E-state index is -0.536. The van der Waals surface area contributed by atoms with E-state index in [0.717, 1.165) is 11.1 Å². The molecule has 1 unspecified atom stereocenters. The highest BCUT2D eigenvalue weighted by Gasteiger charge is 2.33. The molecule has 1 aliphatic rings. The van der Waals surface area contributed by atoms with Crippen molar-refractivity contribution in [3.05, 3.63) is 94.0 Å². The number of anilines is 1. The molecular formula is C25H20ClN3O3. The number of amides is 2. The second-order valence-electron chi connectivity index (χ2n) is 7.60. The van der Waals surface area contributed by atoms with Crippen LogP contribution in [-0.4, -0.2) is 18.4 Å². The van der Waals surface area contributed by atoms with Crippen LogP contribution in [-0.2, 0) is 11.4 Å². The predicted molar refractivity (Wildman–Crippen MR) is 122 cm³/mol. The van der Waals surface area contributed by atoms with Crippen molar-refractivity contribution in [1.82, 2.24) is 0 Å². The van der Waals surface area contributed by atoms with Gasteiger partial charge in [0.1, 0.15) is 12.4 Å². The van der Waals surface area contributed by atoms with Crippen LogP contribution in [0.15, 0.2) is 66.7 Å². The number of halogens is 1. The third-order valence-electron chi connectivity index (χ3n) is 5.46. The summed E-state index contributed by atoms with van der Waals surface area (Å²) < 4.78 is 6.06. The zero-order valence-electron chi connectivity index (χ0n) is 17.1. The van der Waals surface area contributed by atoms with E-state index in [9.17, 15) is 9.59 Å². The molecule has 3 aromatic rings. The molecular weight excluding hydrogens is 426 g/mol. The van der Waals surface area contributed by atoms with Gasteiger partial charge in [-0.1, -0.05) is 35.9 Å². The van der Waals surface area contributed by atoms with Crippen molar-refractivity contribution in [2.24, 2.45) is 5.73 Å². The summed E-state index contributed by atoms with van der Waals surface area (Å²) in [6, 6.07) is 21.4. The summed E-state index contributed by atoms with van der Waals surface area (Å²) in [7, 11) is 0. The molecule has 0 radical (unpaired) electrons. The lowest BCUT2D eigenvalue weighted by atomic mass is 9.97. The Bertz CT molecular complexity index is 1220. The Morgan fingerprint density at radius 2 is 1.94 bits per heavy atom. The van der Waals surface area contributed by atoms with Crippen LogP contribution < -0.4 is 15.4 Å². The fraction of sp³-hybridized carbons (Fsp3) is 0.160. The van der Waals surface area contributed by atoms with E-state index in [2.05, 4.69) is 6.07 Å². The van der Waals surface area contributed by atoms with Gasteiger partial charge < -0.3 is 15.4 Å². The first-order chi connectivity index (χ1) is 15.4. The van der Waals surface area contributed by atoms with E-state index >= 15 is 0 Å². The Labute approximate surface area is 190 Å². The van der Waals surface area contributed by atoms with Crippen LogP contribution in [0.1, 0.15) is 39.4 Å². The minimum absolute atomic E-state index is 0.0374. The van der Waals surface area contributed by atoms with Gasteiger partial charge >= 0.3 is 0 Å². The number of hydrogen-bond acceptors (Lipinski definition) is 4. The summed E-state index contributed by atoms with van der Waals surface area (Å²) in [6.07, 6.45) is 0.315. The van der Waals surface area contributed by atoms with Gasteiger partial charge in [0.15, 0.2) is 0 Å². The number of ether oxygens (including phenoxy) is 1. The maximum Gasteiger partial charge on any atom is 0.248 e. The normalized spacial score (nSPS) is 15.4. The van der Waals surface area contributed by atoms with E-state index < -0.39 is 5.91 Å². The highest BCUT2D eigenvalue weighted by atomic mass is 35.5. The van der Waals surface area contributed by atoms with Gasteiger partial charge in [-0.2, -0.15) is 5.26 Å². The standard InChI is InChI=1S/C25H20ClN3O3/c26-20-8-9-22(23(12-20)32-15-17-6-4-16(13-27)5-7-17)19-11-24(30)29(14-19)21-3-1-2-18(10-21)25(28)31/h1-10,12,19H,11,14-15H2,(H2,28,31). The molecule has 1 atom stereocenters. The monoisotopic (exact) mass is 445 g/mol. The van der Waals surface area contributed by atoms with Gasteiger partial charge in [-0.15, -0.1) is 0 Å². The number of nitriles is 1. The van der Waals surface area contributed by atoms with E-state index in [1.807, 2.05) is 18.2 Å². The lowest BCUT2D eigenvalue weighted by Crippen LogP contribution is -2.25. The molecule has 0 spiro atoms. The molecule has 2 amide bonds. The number of primary amides is 1. The van der Waals surface area contributed by atoms with Crippen LogP contribution >= 0.6 is 11.6 Å². The first-order valence-electron chi connectivity index (χ1n) is 10.1. The average molecular weight is 446 g/mol. The summed E-state index contributed by atoms with van der Waals surface area (Å²) in [6.45, 7) is 0.764. The Hall–Kier alpha value is -3.82. The highest BCUT2D eigenvalue weighted by Crippen LogP contribution is 2.38. The predicted octanol–water partition coefficient (Wildman–Crippen LogP) is 4.41. The van der Waals surface area contributed by atoms with Gasteiger partial charge in [-0.3, -0.25) is 9.59 Å². The molecule has 6 nitrogen and oxygen atoms in total. The molecule has 1 aliphatic heterocycles. The Kier molecular flexibility index (Phi) is 6.11. The van der Waals surface area contributed by atoms with E-state index in [4.69, 9.17) is 27.3 Å². The molecule has 32 heavy (non-hydrogen) atoms. The Balaban J connectivity index is 1.54. The van der Waals surface area contributed by atoms with Crippen LogP contribution in [0.4, 0.5) is 5.69 Å². The molecule has 1 saturated heterocycles. The Morgan fingerprint density at radius 1 is 1.16 bits per heavy atom. The Morgan fingerprint density at radius 3 is 2.66 bits per heavy atom. The summed E-state index contributed by atoms with van der Waals surface area (Å²) >= 11 is 6.21. The van der Waals surface area contributed by atoms with Gasteiger partial charge in [0, 0.05) is 35.2 Å². The molecule has 0 aliphatic carbocycles. The van der Waals surface area contributed by atoms with Crippen molar-refractivity contribution in [1.29, 1.82) is 5.26 Å². The van der Waals surface area contributed by atoms with E-state index in [1.165, 1.54) is 0 Å². The summed E-state index contributed by atoms with van der Waals surface area (Å²) in [5.41, 5.74) is 8.78. The van der Waals surface area contributed by atoms with Crippen molar-refractivity contribution in [3.8, 4) is 11.8 Å². The molecule has 1 fully saturated rings. The quantitative estimate of drug-likeness (QED) is 0.607. The fourth-order valence-electron chi connectivity index (χ4n) is 3.80. The SMILES string of the molecule is N#Cc1ccc(COc2cc(Cl)ccc2C2CC(=O)N(c3cccc(C(N)=O)c3)C2)cc1. The van der Waals surface area contributed by atoms with Crippen molar-refractivity contribution in [2.45, 2.75) is 18.9 Å². The highest BCUT2D eigenvalue weighted by molar-refractivity contribution is 6.30. The van der Waals surface area contributed by atoms with Crippen LogP contribution in [0.25, 0.3) is 0 Å². The molecule has 7 heteroatoms. The molecule has 4 rings (SSSR count). The molecule has 0 bridgehead atoms. The number of nitrogens with zero attached hydrogens (tertiary/aromatic N) is 2. The van der Waals surface area contributed by atoms with Crippen molar-refractivity contribution < 1.29 is 14.3 Å². The van der Waals surface area contributed by atoms with Gasteiger partial charge in [-0.05, 0) is 53.6 Å². The van der Waals surface area contributed by atoms with Gasteiger partial charge in [0.25, 0.3) is 0 Å². The number of rotatable bonds is 6. The smallest absolute Gasteiger partial charge is 0.248 e. The lowest BCUT2D eigenvalue weighted by molar-refractivity contribution is -0.117. The molecule has 0 saturated carbocycles. The molecule has 0 aromatic heterocycles. The maximum absolute atomic E-state index is 12.8. The first kappa shape index (κ1) is 21.4. The van der Waals surface area contributed by atoms with Crippen molar-refractivity contribution >= 4 is 29.1 Å². The summed E-state index contributed by atoms with van der Waals surface area (Å²) in [5, 5.41) is 9.48. The van der Waals surface area contributed by atoms with Gasteiger partial charge in [0.2, 0.25) is 11.8 Å². The topological polar surface area (TPSA) is 96.4 Å². The van der Waals surface area contributed by atoms with Gasteiger partial charge in [0.05, 0.1) is 11.6 Å². The number of carbonyl (C=O) groups is 2. The average Bonchev–Trinajstić information content (AvgIpc) is 3.19.